The van der Waals surface area contributed by atoms with E-state index in [2.05, 4.69) is 19.2 Å². The first kappa shape index (κ1) is 10.9. The van der Waals surface area contributed by atoms with Gasteiger partial charge in [-0.2, -0.15) is 0 Å². The number of hydrogen-bond acceptors (Lipinski definition) is 3. The number of aliphatic hydroxyl groups excluding tert-OH is 2. The number of nitrogens with one attached hydrogen (secondary N) is 1. The van der Waals surface area contributed by atoms with E-state index in [1.807, 2.05) is 0 Å². The minimum atomic E-state index is -0.149. The fraction of sp³-hybridized carbons (Fsp3) is 1.00. The molecule has 3 N–H and O–H groups in total. The molecule has 0 saturated carbocycles. The van der Waals surface area contributed by atoms with Gasteiger partial charge >= 0.3 is 0 Å². The molecule has 1 atom stereocenters. The van der Waals surface area contributed by atoms with Crippen LogP contribution in [0.1, 0.15) is 20.3 Å². The van der Waals surface area contributed by atoms with Gasteiger partial charge in [-0.3, -0.25) is 0 Å². The molecule has 0 aromatic carbocycles. The summed E-state index contributed by atoms with van der Waals surface area (Å²) in [4.78, 5) is 0. The summed E-state index contributed by atoms with van der Waals surface area (Å²) in [5, 5.41) is 20.4. The van der Waals surface area contributed by atoms with Crippen molar-refractivity contribution >= 4 is 0 Å². The third-order valence-corrected chi connectivity index (χ3v) is 1.89. The second-order valence-electron chi connectivity index (χ2n) is 2.98. The lowest BCUT2D eigenvalue weighted by molar-refractivity contribution is 0.168. The highest BCUT2D eigenvalue weighted by Gasteiger charge is 2.05. The molecule has 0 aliphatic rings. The van der Waals surface area contributed by atoms with Crippen LogP contribution >= 0.6 is 0 Å². The molecule has 68 valence electrons. The zero-order chi connectivity index (χ0) is 8.69. The molecule has 0 aliphatic carbocycles. The van der Waals surface area contributed by atoms with Gasteiger partial charge in [-0.15, -0.1) is 0 Å². The average molecular weight is 161 g/mol. The quantitative estimate of drug-likeness (QED) is 0.513. The molecule has 0 saturated heterocycles. The van der Waals surface area contributed by atoms with E-state index in [0.29, 0.717) is 5.92 Å². The highest BCUT2D eigenvalue weighted by molar-refractivity contribution is 4.65. The van der Waals surface area contributed by atoms with Crippen molar-refractivity contribution in [1.29, 1.82) is 0 Å². The number of hydrogen-bond donors (Lipinski definition) is 3. The van der Waals surface area contributed by atoms with Crippen LogP contribution < -0.4 is 5.32 Å². The van der Waals surface area contributed by atoms with Crippen LogP contribution in [0.2, 0.25) is 0 Å². The number of rotatable bonds is 6. The lowest BCUT2D eigenvalue weighted by Crippen LogP contribution is -2.38. The predicted octanol–water partition coefficient (Wildman–Crippen LogP) is -0.0247. The van der Waals surface area contributed by atoms with Crippen LogP contribution in [-0.2, 0) is 0 Å². The molecule has 0 spiro atoms. The smallest absolute Gasteiger partial charge is 0.0607 e. The summed E-state index contributed by atoms with van der Waals surface area (Å²) in [7, 11) is 0. The van der Waals surface area contributed by atoms with Gasteiger partial charge in [0.25, 0.3) is 0 Å². The zero-order valence-corrected chi connectivity index (χ0v) is 7.38. The molecule has 0 unspecified atom stereocenters. The summed E-state index contributed by atoms with van der Waals surface area (Å²) in [5.74, 6) is 0.607. The van der Waals surface area contributed by atoms with E-state index in [1.165, 1.54) is 0 Å². The topological polar surface area (TPSA) is 52.5 Å². The first-order valence-corrected chi connectivity index (χ1v) is 4.19. The van der Waals surface area contributed by atoms with E-state index < -0.39 is 0 Å². The van der Waals surface area contributed by atoms with Crippen molar-refractivity contribution in [3.8, 4) is 0 Å². The van der Waals surface area contributed by atoms with Gasteiger partial charge in [0.05, 0.1) is 19.3 Å². The van der Waals surface area contributed by atoms with E-state index in [9.17, 15) is 0 Å². The first-order chi connectivity index (χ1) is 5.24. The summed E-state index contributed by atoms with van der Waals surface area (Å²) in [6, 6.07) is -0.149. The Morgan fingerprint density at radius 1 is 1.27 bits per heavy atom. The van der Waals surface area contributed by atoms with Gasteiger partial charge in [0, 0.05) is 0 Å². The van der Waals surface area contributed by atoms with Crippen molar-refractivity contribution in [3.63, 3.8) is 0 Å². The van der Waals surface area contributed by atoms with Crippen LogP contribution in [0.4, 0.5) is 0 Å². The molecular formula is C8H19NO2. The molecule has 0 aromatic heterocycles. The molecule has 0 radical (unpaired) electrons. The van der Waals surface area contributed by atoms with Gasteiger partial charge < -0.3 is 15.5 Å². The Bertz CT molecular complexity index is 84.2. The average Bonchev–Trinajstić information content (AvgIpc) is 2.06. The van der Waals surface area contributed by atoms with Gasteiger partial charge in [0.15, 0.2) is 0 Å². The van der Waals surface area contributed by atoms with Crippen molar-refractivity contribution < 1.29 is 10.2 Å². The molecule has 3 nitrogen and oxygen atoms in total. The molecule has 0 aromatic rings. The van der Waals surface area contributed by atoms with Crippen molar-refractivity contribution in [1.82, 2.24) is 5.32 Å². The molecule has 3 heteroatoms. The summed E-state index contributed by atoms with van der Waals surface area (Å²) < 4.78 is 0. The Labute approximate surface area is 68.4 Å². The lowest BCUT2D eigenvalue weighted by atomic mass is 10.1. The van der Waals surface area contributed by atoms with Gasteiger partial charge in [-0.05, 0) is 12.5 Å². The monoisotopic (exact) mass is 161 g/mol. The molecule has 0 bridgehead atoms. The third kappa shape index (κ3) is 5.18. The molecule has 0 rings (SSSR count). The molecule has 0 amide bonds. The predicted molar refractivity (Wildman–Crippen MR) is 45.4 cm³/mol. The van der Waals surface area contributed by atoms with Gasteiger partial charge in [-0.1, -0.05) is 20.3 Å². The maximum absolute atomic E-state index is 8.69. The molecule has 0 fully saturated rings. The Morgan fingerprint density at radius 3 is 2.18 bits per heavy atom. The van der Waals surface area contributed by atoms with E-state index in [4.69, 9.17) is 10.2 Å². The first-order valence-electron chi connectivity index (χ1n) is 4.19. The van der Waals surface area contributed by atoms with Crippen LogP contribution in [0.25, 0.3) is 0 Å². The van der Waals surface area contributed by atoms with Crippen LogP contribution in [0.5, 0.6) is 0 Å². The Morgan fingerprint density at radius 2 is 1.82 bits per heavy atom. The third-order valence-electron chi connectivity index (χ3n) is 1.89. The van der Waals surface area contributed by atoms with Crippen LogP contribution in [0.3, 0.4) is 0 Å². The van der Waals surface area contributed by atoms with Crippen molar-refractivity contribution in [2.24, 2.45) is 5.92 Å². The fourth-order valence-electron chi connectivity index (χ4n) is 0.699. The van der Waals surface area contributed by atoms with Crippen molar-refractivity contribution in [2.45, 2.75) is 26.3 Å². The van der Waals surface area contributed by atoms with E-state index in [-0.39, 0.29) is 19.3 Å². The molecule has 11 heavy (non-hydrogen) atoms. The van der Waals surface area contributed by atoms with Crippen LogP contribution in [-0.4, -0.2) is 36.0 Å². The van der Waals surface area contributed by atoms with Crippen LogP contribution in [0.15, 0.2) is 0 Å². The molecular weight excluding hydrogens is 142 g/mol. The molecule has 0 aliphatic heterocycles. The standard InChI is InChI=1S/C8H19NO2/c1-3-7(2)4-9-8(5-10)6-11/h7-11H,3-6H2,1-2H3/t7-/m0/s1. The maximum Gasteiger partial charge on any atom is 0.0607 e. The Hall–Kier alpha value is -0.120. The highest BCUT2D eigenvalue weighted by atomic mass is 16.3. The lowest BCUT2D eigenvalue weighted by Gasteiger charge is -2.16. The SMILES string of the molecule is CC[C@H](C)CNC(CO)CO. The second kappa shape index (κ2) is 6.58. The van der Waals surface area contributed by atoms with E-state index >= 15 is 0 Å². The normalized spacial score (nSPS) is 13.9. The zero-order valence-electron chi connectivity index (χ0n) is 7.38. The molecule has 0 heterocycles. The summed E-state index contributed by atoms with van der Waals surface area (Å²) in [5.41, 5.74) is 0. The summed E-state index contributed by atoms with van der Waals surface area (Å²) >= 11 is 0. The highest BCUT2D eigenvalue weighted by Crippen LogP contribution is 1.97. The fourth-order valence-corrected chi connectivity index (χ4v) is 0.699. The van der Waals surface area contributed by atoms with Crippen molar-refractivity contribution in [3.05, 3.63) is 0 Å². The van der Waals surface area contributed by atoms with E-state index in [1.54, 1.807) is 0 Å². The minimum absolute atomic E-state index is 0.00688. The Balaban J connectivity index is 3.34. The van der Waals surface area contributed by atoms with Gasteiger partial charge in [-0.25, -0.2) is 0 Å². The summed E-state index contributed by atoms with van der Waals surface area (Å²) in [6.45, 7) is 5.14. The Kier molecular flexibility index (Phi) is 6.51. The number of aliphatic hydroxyl groups is 2. The van der Waals surface area contributed by atoms with Gasteiger partial charge in [0.2, 0.25) is 0 Å². The maximum atomic E-state index is 8.69. The van der Waals surface area contributed by atoms with Crippen molar-refractivity contribution in [2.75, 3.05) is 19.8 Å². The van der Waals surface area contributed by atoms with E-state index in [0.717, 1.165) is 13.0 Å². The van der Waals surface area contributed by atoms with Crippen LogP contribution in [0, 0.1) is 5.92 Å². The minimum Gasteiger partial charge on any atom is -0.395 e. The second-order valence-corrected chi connectivity index (χ2v) is 2.98. The summed E-state index contributed by atoms with van der Waals surface area (Å²) in [6.07, 6.45) is 1.12. The van der Waals surface area contributed by atoms with Gasteiger partial charge in [0.1, 0.15) is 0 Å². The largest absolute Gasteiger partial charge is 0.395 e.